The van der Waals surface area contributed by atoms with Crippen LogP contribution in [0.2, 0.25) is 0 Å². The second-order valence-electron chi connectivity index (χ2n) is 4.40. The molecular weight excluding hydrogens is 246 g/mol. The van der Waals surface area contributed by atoms with Gasteiger partial charge in [-0.25, -0.2) is 8.78 Å². The monoisotopic (exact) mass is 260 g/mol. The van der Waals surface area contributed by atoms with Crippen LogP contribution >= 0.6 is 0 Å². The summed E-state index contributed by atoms with van der Waals surface area (Å²) < 4.78 is 30.8. The number of carbonyl (C=O) groups excluding carboxylic acids is 1. The lowest BCUT2D eigenvalue weighted by Gasteiger charge is -2.14. The van der Waals surface area contributed by atoms with Crippen molar-refractivity contribution < 1.29 is 18.1 Å². The number of hydrogen-bond donors (Lipinski definition) is 2. The molecule has 0 spiro atoms. The number of amides is 1. The Kier molecular flexibility index (Phi) is 3.29. The molecule has 2 heterocycles. The summed E-state index contributed by atoms with van der Waals surface area (Å²) in [5.41, 5.74) is 0. The number of nitrogens with one attached hydrogen (secondary N) is 2. The van der Waals surface area contributed by atoms with E-state index in [1.807, 2.05) is 0 Å². The van der Waals surface area contributed by atoms with Crippen LogP contribution in [0.25, 0.3) is 0 Å². The molecule has 0 aromatic carbocycles. The zero-order valence-corrected chi connectivity index (χ0v) is 10.0. The van der Waals surface area contributed by atoms with Crippen LogP contribution in [0.3, 0.4) is 0 Å². The molecule has 1 saturated heterocycles. The van der Waals surface area contributed by atoms with E-state index < -0.39 is 36.9 Å². The lowest BCUT2D eigenvalue weighted by atomic mass is 10.1. The first kappa shape index (κ1) is 12.9. The second-order valence-corrected chi connectivity index (χ2v) is 4.40. The molecule has 0 saturated carbocycles. The van der Waals surface area contributed by atoms with E-state index in [-0.39, 0.29) is 5.89 Å². The minimum atomic E-state index is -2.83. The summed E-state index contributed by atoms with van der Waals surface area (Å²) in [6, 6.07) is -1.39. The first-order valence-corrected chi connectivity index (χ1v) is 5.59. The van der Waals surface area contributed by atoms with E-state index >= 15 is 0 Å². The Morgan fingerprint density at radius 2 is 2.39 bits per heavy atom. The number of alkyl halides is 2. The maximum atomic E-state index is 12.9. The number of rotatable bonds is 3. The van der Waals surface area contributed by atoms with Crippen molar-refractivity contribution in [1.82, 2.24) is 20.8 Å². The highest BCUT2D eigenvalue weighted by Gasteiger charge is 2.42. The average molecular weight is 260 g/mol. The molecule has 1 aromatic heterocycles. The topological polar surface area (TPSA) is 80.0 Å². The molecule has 100 valence electrons. The van der Waals surface area contributed by atoms with E-state index in [1.54, 1.807) is 13.8 Å². The Balaban J connectivity index is 1.92. The van der Waals surface area contributed by atoms with Crippen LogP contribution in [0.1, 0.15) is 31.1 Å². The number of aryl methyl sites for hydroxylation is 1. The fraction of sp³-hybridized carbons (Fsp3) is 0.700. The van der Waals surface area contributed by atoms with E-state index in [2.05, 4.69) is 20.8 Å². The molecule has 6 nitrogen and oxygen atoms in total. The third kappa shape index (κ3) is 2.81. The van der Waals surface area contributed by atoms with E-state index in [1.165, 1.54) is 0 Å². The predicted molar refractivity (Wildman–Crippen MR) is 56.9 cm³/mol. The van der Waals surface area contributed by atoms with Gasteiger partial charge in [-0.15, -0.1) is 0 Å². The van der Waals surface area contributed by atoms with Gasteiger partial charge >= 0.3 is 0 Å². The zero-order valence-electron chi connectivity index (χ0n) is 10.0. The highest BCUT2D eigenvalue weighted by molar-refractivity contribution is 5.82. The highest BCUT2D eigenvalue weighted by atomic mass is 19.3. The Morgan fingerprint density at radius 3 is 2.89 bits per heavy atom. The van der Waals surface area contributed by atoms with Gasteiger partial charge in [-0.1, -0.05) is 5.16 Å². The number of aromatic nitrogens is 2. The van der Waals surface area contributed by atoms with Gasteiger partial charge < -0.3 is 9.84 Å². The van der Waals surface area contributed by atoms with Crippen molar-refractivity contribution >= 4 is 5.91 Å². The summed E-state index contributed by atoms with van der Waals surface area (Å²) in [6.45, 7) is 2.83. The van der Waals surface area contributed by atoms with Gasteiger partial charge in [0.05, 0.1) is 12.6 Å². The molecule has 1 aromatic rings. The Hall–Kier alpha value is -1.57. The fourth-order valence-electron chi connectivity index (χ4n) is 1.77. The minimum Gasteiger partial charge on any atom is -0.343 e. The van der Waals surface area contributed by atoms with Crippen molar-refractivity contribution in [2.75, 3.05) is 6.54 Å². The Morgan fingerprint density at radius 1 is 1.67 bits per heavy atom. The molecule has 2 unspecified atom stereocenters. The molecule has 0 bridgehead atoms. The molecule has 8 heteroatoms. The molecule has 1 aliphatic heterocycles. The molecule has 0 aliphatic carbocycles. The predicted octanol–water partition coefficient (Wildman–Crippen LogP) is 0.552. The number of nitrogens with zero attached hydrogens (tertiary/aromatic N) is 2. The van der Waals surface area contributed by atoms with Crippen molar-refractivity contribution in [3.8, 4) is 0 Å². The number of carbonyl (C=O) groups is 1. The van der Waals surface area contributed by atoms with Crippen molar-refractivity contribution in [2.24, 2.45) is 0 Å². The van der Waals surface area contributed by atoms with E-state index in [4.69, 9.17) is 4.52 Å². The van der Waals surface area contributed by atoms with Crippen LogP contribution in [-0.4, -0.2) is 34.6 Å². The van der Waals surface area contributed by atoms with Crippen molar-refractivity contribution in [1.29, 1.82) is 0 Å². The lowest BCUT2D eigenvalue weighted by Crippen LogP contribution is -2.41. The van der Waals surface area contributed by atoms with Crippen molar-refractivity contribution in [3.05, 3.63) is 11.7 Å². The standard InChI is InChI=1S/C10H14F2N4O2/c1-5(9-15-6(2)16-18-9)14-8(17)7-3-10(11,12)4-13-7/h5,7,13H,3-4H2,1-2H3,(H,14,17). The Bertz CT molecular complexity index is 449. The van der Waals surface area contributed by atoms with Gasteiger partial charge in [0, 0.05) is 6.42 Å². The molecule has 2 N–H and O–H groups in total. The largest absolute Gasteiger partial charge is 0.343 e. The molecular formula is C10H14F2N4O2. The molecule has 18 heavy (non-hydrogen) atoms. The molecule has 2 rings (SSSR count). The van der Waals surface area contributed by atoms with E-state index in [9.17, 15) is 13.6 Å². The zero-order chi connectivity index (χ0) is 13.3. The lowest BCUT2D eigenvalue weighted by molar-refractivity contribution is -0.124. The molecule has 1 fully saturated rings. The van der Waals surface area contributed by atoms with Gasteiger partial charge in [-0.3, -0.25) is 10.1 Å². The van der Waals surface area contributed by atoms with Crippen LogP contribution in [0.15, 0.2) is 4.52 Å². The average Bonchev–Trinajstić information content (AvgIpc) is 2.84. The number of hydrogen-bond acceptors (Lipinski definition) is 5. The minimum absolute atomic E-state index is 0.255. The van der Waals surface area contributed by atoms with Crippen LogP contribution in [0, 0.1) is 6.92 Å². The summed E-state index contributed by atoms with van der Waals surface area (Å²) in [6.07, 6.45) is -0.492. The smallest absolute Gasteiger partial charge is 0.262 e. The van der Waals surface area contributed by atoms with Crippen LogP contribution in [0.5, 0.6) is 0 Å². The molecule has 1 aliphatic rings. The summed E-state index contributed by atoms with van der Waals surface area (Å²) >= 11 is 0. The third-order valence-electron chi connectivity index (χ3n) is 2.70. The summed E-state index contributed by atoms with van der Waals surface area (Å²) in [5.74, 6) is -2.61. The highest BCUT2D eigenvalue weighted by Crippen LogP contribution is 2.25. The number of halogens is 2. The summed E-state index contributed by atoms with van der Waals surface area (Å²) in [5, 5.41) is 8.63. The molecule has 1 amide bonds. The third-order valence-corrected chi connectivity index (χ3v) is 2.70. The molecule has 2 atom stereocenters. The van der Waals surface area contributed by atoms with Crippen LogP contribution < -0.4 is 10.6 Å². The Labute approximate surface area is 102 Å². The van der Waals surface area contributed by atoms with Crippen LogP contribution in [-0.2, 0) is 4.79 Å². The normalized spacial score (nSPS) is 23.9. The van der Waals surface area contributed by atoms with Gasteiger partial charge in [0.1, 0.15) is 6.04 Å². The fourth-order valence-corrected chi connectivity index (χ4v) is 1.77. The summed E-state index contributed by atoms with van der Waals surface area (Å²) in [4.78, 5) is 15.7. The van der Waals surface area contributed by atoms with Gasteiger partial charge in [0.25, 0.3) is 5.92 Å². The quantitative estimate of drug-likeness (QED) is 0.829. The summed E-state index contributed by atoms with van der Waals surface area (Å²) in [7, 11) is 0. The van der Waals surface area contributed by atoms with Gasteiger partial charge in [-0.2, -0.15) is 4.98 Å². The second kappa shape index (κ2) is 4.60. The van der Waals surface area contributed by atoms with Gasteiger partial charge in [0.2, 0.25) is 11.8 Å². The van der Waals surface area contributed by atoms with E-state index in [0.717, 1.165) is 0 Å². The van der Waals surface area contributed by atoms with Gasteiger partial charge in [-0.05, 0) is 13.8 Å². The molecule has 0 radical (unpaired) electrons. The SMILES string of the molecule is Cc1noc(C(C)NC(=O)C2CC(F)(F)CN2)n1. The van der Waals surface area contributed by atoms with E-state index in [0.29, 0.717) is 5.82 Å². The maximum Gasteiger partial charge on any atom is 0.262 e. The van der Waals surface area contributed by atoms with Crippen molar-refractivity contribution in [3.63, 3.8) is 0 Å². The van der Waals surface area contributed by atoms with Crippen LogP contribution in [0.4, 0.5) is 8.78 Å². The first-order valence-electron chi connectivity index (χ1n) is 5.59. The van der Waals surface area contributed by atoms with Gasteiger partial charge in [0.15, 0.2) is 5.82 Å². The maximum absolute atomic E-state index is 12.9. The van der Waals surface area contributed by atoms with Crippen molar-refractivity contribution in [2.45, 2.75) is 38.3 Å². The first-order chi connectivity index (χ1) is 8.37.